The molecule has 1 radical (unpaired) electrons. The first-order valence-corrected chi connectivity index (χ1v) is 9.86. The van der Waals surface area contributed by atoms with Gasteiger partial charge in [0.2, 0.25) is 0 Å². The molecule has 2 amide bonds. The second-order valence-electron chi connectivity index (χ2n) is 5.17. The minimum Gasteiger partial charge on any atom is -0.480 e. The molecule has 0 unspecified atom stereocenters. The van der Waals surface area contributed by atoms with Gasteiger partial charge in [0.1, 0.15) is 13.1 Å². The number of hydrogen-bond donors (Lipinski definition) is 4. The van der Waals surface area contributed by atoms with E-state index < -0.39 is 11.9 Å². The summed E-state index contributed by atoms with van der Waals surface area (Å²) in [6.07, 6.45) is 0. The smallest absolute Gasteiger partial charge is 0.322 e. The van der Waals surface area contributed by atoms with Gasteiger partial charge in [0.25, 0.3) is 11.8 Å². The number of carboxylic acid groups (broad SMARTS) is 2. The zero-order valence-corrected chi connectivity index (χ0v) is 19.9. The molecule has 159 valence electrons. The van der Waals surface area contributed by atoms with Gasteiger partial charge in [-0.15, -0.1) is 0 Å². The molecule has 0 fully saturated rings. The first-order chi connectivity index (χ1) is 13.2. The van der Waals surface area contributed by atoms with Gasteiger partial charge in [-0.2, -0.15) is 0 Å². The van der Waals surface area contributed by atoms with Crippen molar-refractivity contribution < 1.29 is 46.5 Å². The van der Waals surface area contributed by atoms with E-state index in [4.69, 9.17) is 10.2 Å². The molecule has 0 saturated carbocycles. The van der Waals surface area contributed by atoms with E-state index in [1.54, 1.807) is 36.4 Å². The number of rotatable bonds is 6. The third-order valence-electron chi connectivity index (χ3n) is 2.97. The van der Waals surface area contributed by atoms with Crippen LogP contribution in [0.3, 0.4) is 0 Å². The van der Waals surface area contributed by atoms with Crippen molar-refractivity contribution in [2.24, 2.45) is 0 Å². The molecule has 0 aliphatic rings. The van der Waals surface area contributed by atoms with Gasteiger partial charge in [0.15, 0.2) is 0 Å². The fourth-order valence-corrected chi connectivity index (χ4v) is 2.86. The first kappa shape index (κ1) is 27.3. The fourth-order valence-electron chi connectivity index (χ4n) is 1.78. The van der Waals surface area contributed by atoms with Crippen molar-refractivity contribution in [1.82, 2.24) is 10.6 Å². The van der Waals surface area contributed by atoms with E-state index in [2.05, 4.69) is 55.8 Å². The van der Waals surface area contributed by atoms with Crippen molar-refractivity contribution in [2.75, 3.05) is 13.1 Å². The quantitative estimate of drug-likeness (QED) is 0.275. The Hall–Kier alpha value is -1.70. The van der Waals surface area contributed by atoms with Gasteiger partial charge in [0, 0.05) is 35.3 Å². The number of benzene rings is 2. The van der Waals surface area contributed by atoms with Crippen molar-refractivity contribution in [3.8, 4) is 0 Å². The predicted octanol–water partition coefficient (Wildman–Crippen LogP) is 2.21. The van der Waals surface area contributed by atoms with Gasteiger partial charge in [-0.1, -0.05) is 12.1 Å². The van der Waals surface area contributed by atoms with E-state index in [1.165, 1.54) is 0 Å². The van der Waals surface area contributed by atoms with E-state index in [0.717, 1.165) is 7.14 Å². The van der Waals surface area contributed by atoms with E-state index in [9.17, 15) is 19.2 Å². The Morgan fingerprint density at radius 3 is 1.34 bits per heavy atom. The van der Waals surface area contributed by atoms with Gasteiger partial charge < -0.3 is 20.8 Å². The second-order valence-corrected chi connectivity index (χ2v) is 7.66. The number of nitrogens with one attached hydrogen (secondary N) is 2. The molecule has 2 aromatic carbocycles. The number of halogens is 2. The summed E-state index contributed by atoms with van der Waals surface area (Å²) < 4.78 is 1.87. The van der Waals surface area contributed by atoms with Crippen LogP contribution in [0.5, 0.6) is 0 Å². The van der Waals surface area contributed by atoms with Crippen LogP contribution < -0.4 is 10.6 Å². The van der Waals surface area contributed by atoms with Crippen LogP contribution in [0.2, 0.25) is 0 Å². The van der Waals surface area contributed by atoms with Crippen LogP contribution in [0.4, 0.5) is 0 Å². The molecule has 8 nitrogen and oxygen atoms in total. The minimum absolute atomic E-state index is 0. The Labute approximate surface area is 204 Å². The molecule has 29 heavy (non-hydrogen) atoms. The first-order valence-electron chi connectivity index (χ1n) is 7.70. The normalized spacial score (nSPS) is 9.17. The van der Waals surface area contributed by atoms with Crippen molar-refractivity contribution >= 4 is 68.9 Å². The molecule has 0 bridgehead atoms. The summed E-state index contributed by atoms with van der Waals surface area (Å²) in [6.45, 7) is -0.714. The predicted molar refractivity (Wildman–Crippen MR) is 118 cm³/mol. The monoisotopic (exact) mass is 673 g/mol. The van der Waals surface area contributed by atoms with E-state index in [0.29, 0.717) is 11.1 Å². The average Bonchev–Trinajstić information content (AvgIpc) is 2.64. The van der Waals surface area contributed by atoms with Crippen LogP contribution in [-0.4, -0.2) is 47.1 Å². The molecule has 2 aromatic rings. The zero-order valence-electron chi connectivity index (χ0n) is 14.6. The Balaban J connectivity index is 0.000000523. The van der Waals surface area contributed by atoms with E-state index in [1.807, 2.05) is 12.1 Å². The molecule has 0 aliphatic carbocycles. The Bertz CT molecular complexity index is 807. The van der Waals surface area contributed by atoms with Crippen molar-refractivity contribution in [1.29, 1.82) is 0 Å². The Morgan fingerprint density at radius 2 is 1.07 bits per heavy atom. The Kier molecular flexibility index (Phi) is 13.5. The molecular formula is C18H16CuI2N2O6. The molecule has 0 aliphatic heterocycles. The Morgan fingerprint density at radius 1 is 0.724 bits per heavy atom. The van der Waals surface area contributed by atoms with Crippen LogP contribution >= 0.6 is 45.2 Å². The second kappa shape index (κ2) is 14.3. The van der Waals surface area contributed by atoms with Gasteiger partial charge in [0.05, 0.1) is 0 Å². The summed E-state index contributed by atoms with van der Waals surface area (Å²) in [5.41, 5.74) is 0.941. The van der Waals surface area contributed by atoms with Crippen molar-refractivity contribution in [2.45, 2.75) is 0 Å². The van der Waals surface area contributed by atoms with Crippen LogP contribution in [-0.2, 0) is 26.7 Å². The number of carboxylic acids is 2. The maximum Gasteiger partial charge on any atom is 0.322 e. The van der Waals surface area contributed by atoms with Gasteiger partial charge >= 0.3 is 11.9 Å². The van der Waals surface area contributed by atoms with Crippen LogP contribution in [0.15, 0.2) is 48.5 Å². The van der Waals surface area contributed by atoms with Gasteiger partial charge in [-0.25, -0.2) is 0 Å². The summed E-state index contributed by atoms with van der Waals surface area (Å²) in [4.78, 5) is 43.0. The standard InChI is InChI=1S/2C9H8INO3.Cu/c2*10-7-3-1-2-6(4-7)9(14)11-5-8(12)13;/h2*1-4H,5H2,(H,11,14)(H,12,13);. The van der Waals surface area contributed by atoms with Gasteiger partial charge in [-0.3, -0.25) is 19.2 Å². The topological polar surface area (TPSA) is 133 Å². The number of carbonyl (C=O) groups is 4. The maximum atomic E-state index is 11.3. The molecule has 0 saturated heterocycles. The molecular weight excluding hydrogens is 658 g/mol. The van der Waals surface area contributed by atoms with E-state index in [-0.39, 0.29) is 42.0 Å². The summed E-state index contributed by atoms with van der Waals surface area (Å²) >= 11 is 4.17. The van der Waals surface area contributed by atoms with Crippen LogP contribution in [0.25, 0.3) is 0 Å². The molecule has 2 rings (SSSR count). The average molecular weight is 674 g/mol. The summed E-state index contributed by atoms with van der Waals surface area (Å²) in [6, 6.07) is 13.9. The largest absolute Gasteiger partial charge is 0.480 e. The van der Waals surface area contributed by atoms with Gasteiger partial charge in [-0.05, 0) is 81.6 Å². The maximum absolute atomic E-state index is 11.3. The van der Waals surface area contributed by atoms with Crippen LogP contribution in [0, 0.1) is 7.14 Å². The number of hydrogen-bond acceptors (Lipinski definition) is 4. The van der Waals surface area contributed by atoms with Crippen molar-refractivity contribution in [3.05, 3.63) is 66.8 Å². The molecule has 0 aromatic heterocycles. The molecule has 4 N–H and O–H groups in total. The summed E-state index contributed by atoms with van der Waals surface area (Å²) in [5.74, 6) is -2.84. The number of amides is 2. The SMILES string of the molecule is O=C(O)CNC(=O)c1cccc(I)c1.O=C(O)CNC(=O)c1cccc(I)c1.[Cu]. The summed E-state index contributed by atoms with van der Waals surface area (Å²) in [7, 11) is 0. The molecule has 0 atom stereocenters. The van der Waals surface area contributed by atoms with E-state index >= 15 is 0 Å². The third-order valence-corrected chi connectivity index (χ3v) is 4.32. The van der Waals surface area contributed by atoms with Crippen LogP contribution in [0.1, 0.15) is 20.7 Å². The number of aliphatic carboxylic acids is 2. The minimum atomic E-state index is -1.05. The van der Waals surface area contributed by atoms with Crippen molar-refractivity contribution in [3.63, 3.8) is 0 Å². The molecule has 11 heteroatoms. The molecule has 0 heterocycles. The third kappa shape index (κ3) is 11.8. The molecule has 0 spiro atoms. The fraction of sp³-hybridized carbons (Fsp3) is 0.111. The summed E-state index contributed by atoms with van der Waals surface area (Å²) in [5, 5.41) is 21.3. The number of carbonyl (C=O) groups excluding carboxylic acids is 2. The zero-order chi connectivity index (χ0) is 21.1.